The van der Waals surface area contributed by atoms with Crippen LogP contribution in [0.2, 0.25) is 0 Å². The highest BCUT2D eigenvalue weighted by molar-refractivity contribution is 5.50. The molecule has 0 aliphatic carbocycles. The average molecular weight is 180 g/mol. The van der Waals surface area contributed by atoms with Gasteiger partial charge in [-0.3, -0.25) is 0 Å². The number of hydrogen-bond acceptors (Lipinski definition) is 2. The molecule has 0 saturated carbocycles. The molecular formula is C11H16O2. The van der Waals surface area contributed by atoms with Crippen LogP contribution >= 0.6 is 0 Å². The Morgan fingerprint density at radius 2 is 1.54 bits per heavy atom. The van der Waals surface area contributed by atoms with E-state index in [0.29, 0.717) is 0 Å². The normalized spacial score (nSPS) is 10.3. The molecule has 0 saturated heterocycles. The number of aryl methyl sites for hydroxylation is 2. The quantitative estimate of drug-likeness (QED) is 0.702. The van der Waals surface area contributed by atoms with Gasteiger partial charge >= 0.3 is 0 Å². The summed E-state index contributed by atoms with van der Waals surface area (Å²) >= 11 is 0. The third-order valence-corrected chi connectivity index (χ3v) is 2.22. The maximum atomic E-state index is 9.59. The highest BCUT2D eigenvalue weighted by atomic mass is 16.3. The first-order chi connectivity index (χ1) is 6.20. The van der Waals surface area contributed by atoms with Gasteiger partial charge in [-0.05, 0) is 24.0 Å². The van der Waals surface area contributed by atoms with Crippen LogP contribution in [-0.4, -0.2) is 10.2 Å². The number of aromatic hydroxyl groups is 2. The smallest absolute Gasteiger partial charge is 0.160 e. The zero-order valence-electron chi connectivity index (χ0n) is 8.17. The van der Waals surface area contributed by atoms with Crippen LogP contribution < -0.4 is 0 Å². The lowest BCUT2D eigenvalue weighted by Gasteiger charge is -2.08. The number of benzene rings is 1. The van der Waals surface area contributed by atoms with Gasteiger partial charge in [0.25, 0.3) is 0 Å². The number of hydrogen-bond donors (Lipinski definition) is 2. The summed E-state index contributed by atoms with van der Waals surface area (Å²) in [6.07, 6.45) is 2.52. The Kier molecular flexibility index (Phi) is 3.18. The first kappa shape index (κ1) is 9.90. The molecule has 2 heteroatoms. The summed E-state index contributed by atoms with van der Waals surface area (Å²) in [5.41, 5.74) is 1.63. The molecule has 0 heterocycles. The summed E-state index contributed by atoms with van der Waals surface area (Å²) < 4.78 is 0. The Hall–Kier alpha value is -1.18. The molecule has 1 aromatic rings. The number of rotatable bonds is 3. The third kappa shape index (κ3) is 1.94. The summed E-state index contributed by atoms with van der Waals surface area (Å²) in [6.45, 7) is 4.00. The van der Waals surface area contributed by atoms with Crippen LogP contribution in [0, 0.1) is 0 Å². The fourth-order valence-corrected chi connectivity index (χ4v) is 1.42. The average Bonchev–Trinajstić information content (AvgIpc) is 2.14. The van der Waals surface area contributed by atoms with Crippen molar-refractivity contribution in [1.29, 1.82) is 0 Å². The van der Waals surface area contributed by atoms with E-state index in [-0.39, 0.29) is 11.5 Å². The monoisotopic (exact) mass is 180 g/mol. The van der Waals surface area contributed by atoms with Crippen molar-refractivity contribution < 1.29 is 10.2 Å². The Balaban J connectivity index is 3.07. The van der Waals surface area contributed by atoms with Gasteiger partial charge in [-0.15, -0.1) is 0 Å². The van der Waals surface area contributed by atoms with Crippen molar-refractivity contribution in [2.75, 3.05) is 0 Å². The van der Waals surface area contributed by atoms with Crippen LogP contribution in [0.3, 0.4) is 0 Å². The molecule has 0 bridgehead atoms. The van der Waals surface area contributed by atoms with E-state index >= 15 is 0 Å². The molecule has 13 heavy (non-hydrogen) atoms. The lowest BCUT2D eigenvalue weighted by Crippen LogP contribution is -1.88. The van der Waals surface area contributed by atoms with Gasteiger partial charge in [0.15, 0.2) is 11.5 Å². The second-order valence-electron chi connectivity index (χ2n) is 3.18. The van der Waals surface area contributed by atoms with Gasteiger partial charge < -0.3 is 10.2 Å². The number of phenolic OH excluding ortho intramolecular Hbond substituents is 2. The predicted molar refractivity (Wildman–Crippen MR) is 53.1 cm³/mol. The van der Waals surface area contributed by atoms with Crippen molar-refractivity contribution in [2.45, 2.75) is 33.1 Å². The molecule has 0 aromatic heterocycles. The summed E-state index contributed by atoms with van der Waals surface area (Å²) in [4.78, 5) is 0. The first-order valence-corrected chi connectivity index (χ1v) is 4.73. The van der Waals surface area contributed by atoms with Crippen LogP contribution in [0.4, 0.5) is 0 Å². The number of phenols is 2. The van der Waals surface area contributed by atoms with Gasteiger partial charge in [0.2, 0.25) is 0 Å². The molecule has 0 fully saturated rings. The summed E-state index contributed by atoms with van der Waals surface area (Å²) in [7, 11) is 0. The topological polar surface area (TPSA) is 40.5 Å². The van der Waals surface area contributed by atoms with Gasteiger partial charge in [-0.25, -0.2) is 0 Å². The molecule has 0 aliphatic rings. The molecule has 0 aliphatic heterocycles. The molecule has 0 amide bonds. The summed E-state index contributed by atoms with van der Waals surface area (Å²) in [5, 5.41) is 19.1. The minimum atomic E-state index is 0.0495. The van der Waals surface area contributed by atoms with Gasteiger partial charge in [0.1, 0.15) is 0 Å². The Morgan fingerprint density at radius 1 is 1.00 bits per heavy atom. The van der Waals surface area contributed by atoms with Crippen LogP contribution in [0.25, 0.3) is 0 Å². The molecule has 72 valence electrons. The lowest BCUT2D eigenvalue weighted by atomic mass is 10.0. The molecular weight excluding hydrogens is 164 g/mol. The van der Waals surface area contributed by atoms with Crippen molar-refractivity contribution >= 4 is 0 Å². The van der Waals surface area contributed by atoms with E-state index in [2.05, 4.69) is 0 Å². The van der Waals surface area contributed by atoms with E-state index in [0.717, 1.165) is 30.4 Å². The second-order valence-corrected chi connectivity index (χ2v) is 3.18. The molecule has 1 aromatic carbocycles. The minimum absolute atomic E-state index is 0.0495. The molecule has 1 rings (SSSR count). The summed E-state index contributed by atoms with van der Waals surface area (Å²) in [5.74, 6) is 0.106. The Morgan fingerprint density at radius 3 is 2.08 bits per heavy atom. The van der Waals surface area contributed by atoms with E-state index < -0.39 is 0 Å². The summed E-state index contributed by atoms with van der Waals surface area (Å²) in [6, 6.07) is 3.76. The molecule has 0 unspecified atom stereocenters. The minimum Gasteiger partial charge on any atom is -0.504 e. The third-order valence-electron chi connectivity index (χ3n) is 2.22. The second kappa shape index (κ2) is 4.17. The van der Waals surface area contributed by atoms with E-state index in [1.54, 1.807) is 0 Å². The van der Waals surface area contributed by atoms with Crippen molar-refractivity contribution in [3.8, 4) is 11.5 Å². The fourth-order valence-electron chi connectivity index (χ4n) is 1.42. The van der Waals surface area contributed by atoms with Gasteiger partial charge in [-0.1, -0.05) is 32.4 Å². The molecule has 2 nitrogen and oxygen atoms in total. The zero-order valence-corrected chi connectivity index (χ0v) is 8.17. The van der Waals surface area contributed by atoms with Crippen LogP contribution in [0.1, 0.15) is 31.4 Å². The van der Waals surface area contributed by atoms with Crippen molar-refractivity contribution in [1.82, 2.24) is 0 Å². The van der Waals surface area contributed by atoms with Crippen LogP contribution in [0.5, 0.6) is 11.5 Å². The fraction of sp³-hybridized carbons (Fsp3) is 0.455. The van der Waals surface area contributed by atoms with Crippen molar-refractivity contribution in [3.05, 3.63) is 23.3 Å². The largest absolute Gasteiger partial charge is 0.504 e. The van der Waals surface area contributed by atoms with Crippen molar-refractivity contribution in [3.63, 3.8) is 0 Å². The van der Waals surface area contributed by atoms with Crippen LogP contribution in [0.15, 0.2) is 12.1 Å². The predicted octanol–water partition coefficient (Wildman–Crippen LogP) is 2.61. The maximum Gasteiger partial charge on any atom is 0.160 e. The molecule has 0 atom stereocenters. The highest BCUT2D eigenvalue weighted by Crippen LogP contribution is 2.33. The van der Waals surface area contributed by atoms with Gasteiger partial charge in [-0.2, -0.15) is 0 Å². The highest BCUT2D eigenvalue weighted by Gasteiger charge is 2.09. The van der Waals surface area contributed by atoms with Crippen molar-refractivity contribution in [2.24, 2.45) is 0 Å². The zero-order chi connectivity index (χ0) is 9.84. The molecule has 0 radical (unpaired) electrons. The standard InChI is InChI=1S/C11H16O2/c1-3-5-9-7-6-8(4-2)10(12)11(9)13/h6-7,12-13H,3-5H2,1-2H3. The van der Waals surface area contributed by atoms with Gasteiger partial charge in [0, 0.05) is 0 Å². The van der Waals surface area contributed by atoms with E-state index in [4.69, 9.17) is 0 Å². The van der Waals surface area contributed by atoms with E-state index in [9.17, 15) is 10.2 Å². The van der Waals surface area contributed by atoms with Crippen LogP contribution in [-0.2, 0) is 12.8 Å². The van der Waals surface area contributed by atoms with Gasteiger partial charge in [0.05, 0.1) is 0 Å². The lowest BCUT2D eigenvalue weighted by molar-refractivity contribution is 0.395. The first-order valence-electron chi connectivity index (χ1n) is 4.73. The SMILES string of the molecule is CCCc1ccc(CC)c(O)c1O. The Labute approximate surface area is 78.8 Å². The van der Waals surface area contributed by atoms with E-state index in [1.807, 2.05) is 26.0 Å². The Bertz CT molecular complexity index is 292. The van der Waals surface area contributed by atoms with E-state index in [1.165, 1.54) is 0 Å². The molecule has 0 spiro atoms. The molecule has 2 N–H and O–H groups in total. The maximum absolute atomic E-state index is 9.59.